The quantitative estimate of drug-likeness (QED) is 0.709. The molecular formula is C14H14N2O2. The Bertz CT molecular complexity index is 674. The zero-order chi connectivity index (χ0) is 12.4. The van der Waals surface area contributed by atoms with E-state index in [1.165, 1.54) is 0 Å². The van der Waals surface area contributed by atoms with E-state index in [0.29, 0.717) is 0 Å². The monoisotopic (exact) mass is 242 g/mol. The first kappa shape index (κ1) is 10.3. The van der Waals surface area contributed by atoms with E-state index in [-0.39, 0.29) is 17.9 Å². The molecule has 2 bridgehead atoms. The van der Waals surface area contributed by atoms with Crippen LogP contribution in [0.15, 0.2) is 24.3 Å². The molecule has 2 heterocycles. The van der Waals surface area contributed by atoms with Gasteiger partial charge in [-0.1, -0.05) is 18.2 Å². The SMILES string of the molecule is CN1OC2CC1c1c(c3ccccc3n1C)C2=O. The Morgan fingerprint density at radius 2 is 2.06 bits per heavy atom. The lowest BCUT2D eigenvalue weighted by atomic mass is 9.89. The fourth-order valence-corrected chi connectivity index (χ4v) is 3.33. The third-order valence-corrected chi connectivity index (χ3v) is 4.18. The van der Waals surface area contributed by atoms with Gasteiger partial charge in [0.05, 0.1) is 11.6 Å². The summed E-state index contributed by atoms with van der Waals surface area (Å²) in [5.41, 5.74) is 3.08. The molecule has 1 aromatic carbocycles. The summed E-state index contributed by atoms with van der Waals surface area (Å²) in [6, 6.07) is 8.28. The van der Waals surface area contributed by atoms with Crippen LogP contribution in [0.2, 0.25) is 0 Å². The number of aryl methyl sites for hydroxylation is 1. The van der Waals surface area contributed by atoms with Crippen molar-refractivity contribution in [3.8, 4) is 0 Å². The third-order valence-electron chi connectivity index (χ3n) is 4.18. The second-order valence-corrected chi connectivity index (χ2v) is 5.09. The average molecular weight is 242 g/mol. The molecule has 0 spiro atoms. The Balaban J connectivity index is 2.13. The highest BCUT2D eigenvalue weighted by Crippen LogP contribution is 2.44. The van der Waals surface area contributed by atoms with Crippen molar-refractivity contribution in [2.75, 3.05) is 7.05 Å². The van der Waals surface area contributed by atoms with Gasteiger partial charge in [0, 0.05) is 37.1 Å². The molecular weight excluding hydrogens is 228 g/mol. The summed E-state index contributed by atoms with van der Waals surface area (Å²) < 4.78 is 2.13. The van der Waals surface area contributed by atoms with Gasteiger partial charge < -0.3 is 4.57 Å². The van der Waals surface area contributed by atoms with Gasteiger partial charge in [0.1, 0.15) is 6.10 Å². The fourth-order valence-electron chi connectivity index (χ4n) is 3.33. The number of carbonyl (C=O) groups is 1. The number of nitrogens with zero attached hydrogens (tertiary/aromatic N) is 2. The molecule has 1 saturated heterocycles. The van der Waals surface area contributed by atoms with Crippen LogP contribution in [-0.4, -0.2) is 28.6 Å². The lowest BCUT2D eigenvalue weighted by Crippen LogP contribution is -2.25. The molecule has 4 heteroatoms. The molecule has 0 radical (unpaired) electrons. The molecule has 2 aliphatic rings. The van der Waals surface area contributed by atoms with Gasteiger partial charge in [-0.3, -0.25) is 9.63 Å². The molecule has 1 fully saturated rings. The first-order chi connectivity index (χ1) is 8.68. The van der Waals surface area contributed by atoms with Crippen LogP contribution < -0.4 is 0 Å². The lowest BCUT2D eigenvalue weighted by Gasteiger charge is -2.20. The zero-order valence-corrected chi connectivity index (χ0v) is 10.4. The first-order valence-corrected chi connectivity index (χ1v) is 6.19. The Labute approximate surface area is 105 Å². The van der Waals surface area contributed by atoms with Crippen LogP contribution in [0.4, 0.5) is 0 Å². The fraction of sp³-hybridized carbons (Fsp3) is 0.357. The van der Waals surface area contributed by atoms with Crippen molar-refractivity contribution < 1.29 is 9.63 Å². The van der Waals surface area contributed by atoms with Crippen molar-refractivity contribution in [2.45, 2.75) is 18.6 Å². The highest BCUT2D eigenvalue weighted by atomic mass is 16.7. The van der Waals surface area contributed by atoms with Gasteiger partial charge >= 0.3 is 0 Å². The minimum Gasteiger partial charge on any atom is -0.345 e. The molecule has 18 heavy (non-hydrogen) atoms. The maximum atomic E-state index is 12.5. The molecule has 1 aromatic heterocycles. The standard InChI is InChI=1S/C14H14N2O2/c1-15-9-6-4-3-5-8(9)12-13(15)10-7-11(14(12)17)18-16(10)2/h3-6,10-11H,7H2,1-2H3. The Hall–Kier alpha value is -1.65. The number of para-hydroxylation sites is 1. The number of benzene rings is 1. The maximum absolute atomic E-state index is 12.5. The number of fused-ring (bicyclic) bond motifs is 6. The largest absolute Gasteiger partial charge is 0.345 e. The van der Waals surface area contributed by atoms with Crippen LogP contribution in [0.5, 0.6) is 0 Å². The van der Waals surface area contributed by atoms with Gasteiger partial charge in [-0.15, -0.1) is 0 Å². The predicted octanol–water partition coefficient (Wildman–Crippen LogP) is 2.05. The summed E-state index contributed by atoms with van der Waals surface area (Å²) in [5, 5.41) is 2.88. The topological polar surface area (TPSA) is 34.5 Å². The summed E-state index contributed by atoms with van der Waals surface area (Å²) in [7, 11) is 3.94. The predicted molar refractivity (Wildman–Crippen MR) is 67.2 cm³/mol. The average Bonchev–Trinajstić information content (AvgIpc) is 2.86. The lowest BCUT2D eigenvalue weighted by molar-refractivity contribution is -0.130. The number of hydroxylamine groups is 2. The number of ketones is 1. The van der Waals surface area contributed by atoms with E-state index in [4.69, 9.17) is 4.84 Å². The van der Waals surface area contributed by atoms with E-state index in [1.807, 2.05) is 37.4 Å². The number of Topliss-reactive ketones (excluding diaryl/α,β-unsaturated/α-hetero) is 1. The summed E-state index contributed by atoms with van der Waals surface area (Å²) >= 11 is 0. The Morgan fingerprint density at radius 1 is 1.28 bits per heavy atom. The van der Waals surface area contributed by atoms with Gasteiger partial charge in [0.25, 0.3) is 0 Å². The van der Waals surface area contributed by atoms with Crippen LogP contribution in [-0.2, 0) is 11.9 Å². The molecule has 2 atom stereocenters. The minimum atomic E-state index is -0.293. The minimum absolute atomic E-state index is 0.127. The number of rotatable bonds is 0. The zero-order valence-electron chi connectivity index (χ0n) is 10.4. The van der Waals surface area contributed by atoms with Crippen molar-refractivity contribution in [2.24, 2.45) is 7.05 Å². The first-order valence-electron chi connectivity index (χ1n) is 6.19. The van der Waals surface area contributed by atoms with E-state index in [9.17, 15) is 4.79 Å². The van der Waals surface area contributed by atoms with E-state index in [1.54, 1.807) is 0 Å². The summed E-state index contributed by atoms with van der Waals surface area (Å²) in [6.45, 7) is 0. The Morgan fingerprint density at radius 3 is 2.89 bits per heavy atom. The molecule has 92 valence electrons. The number of hydrogen-bond acceptors (Lipinski definition) is 3. The van der Waals surface area contributed by atoms with Crippen LogP contribution in [0.25, 0.3) is 10.9 Å². The highest BCUT2D eigenvalue weighted by Gasteiger charge is 2.46. The van der Waals surface area contributed by atoms with E-state index in [2.05, 4.69) is 10.6 Å². The van der Waals surface area contributed by atoms with Crippen LogP contribution >= 0.6 is 0 Å². The van der Waals surface area contributed by atoms with Gasteiger partial charge in [0.15, 0.2) is 5.78 Å². The molecule has 1 aliphatic heterocycles. The molecule has 2 unspecified atom stereocenters. The van der Waals surface area contributed by atoms with Crippen molar-refractivity contribution in [1.82, 2.24) is 9.63 Å². The van der Waals surface area contributed by atoms with Crippen molar-refractivity contribution in [3.63, 3.8) is 0 Å². The van der Waals surface area contributed by atoms with Crippen LogP contribution in [0.3, 0.4) is 0 Å². The third kappa shape index (κ3) is 1.05. The van der Waals surface area contributed by atoms with Crippen molar-refractivity contribution >= 4 is 16.7 Å². The van der Waals surface area contributed by atoms with Crippen molar-refractivity contribution in [1.29, 1.82) is 0 Å². The molecule has 2 aromatic rings. The second-order valence-electron chi connectivity index (χ2n) is 5.09. The van der Waals surface area contributed by atoms with Crippen LogP contribution in [0, 0.1) is 0 Å². The molecule has 1 aliphatic carbocycles. The molecule has 4 nitrogen and oxygen atoms in total. The number of aromatic nitrogens is 1. The van der Waals surface area contributed by atoms with Crippen molar-refractivity contribution in [3.05, 3.63) is 35.5 Å². The smallest absolute Gasteiger partial charge is 0.196 e. The molecule has 4 rings (SSSR count). The number of hydrogen-bond donors (Lipinski definition) is 0. The Kier molecular flexibility index (Phi) is 1.84. The van der Waals surface area contributed by atoms with E-state index in [0.717, 1.165) is 28.6 Å². The second kappa shape index (κ2) is 3.22. The summed E-state index contributed by atoms with van der Waals surface area (Å²) in [6.07, 6.45) is 0.477. The summed E-state index contributed by atoms with van der Waals surface area (Å²) in [4.78, 5) is 18.1. The summed E-state index contributed by atoms with van der Waals surface area (Å²) in [5.74, 6) is 0.127. The maximum Gasteiger partial charge on any atom is 0.196 e. The van der Waals surface area contributed by atoms with E-state index < -0.39 is 0 Å². The highest BCUT2D eigenvalue weighted by molar-refractivity contribution is 6.12. The van der Waals surface area contributed by atoms with Gasteiger partial charge in [0.2, 0.25) is 0 Å². The van der Waals surface area contributed by atoms with Gasteiger partial charge in [-0.2, -0.15) is 5.06 Å². The number of carbonyl (C=O) groups excluding carboxylic acids is 1. The normalized spacial score (nSPS) is 26.9. The molecule has 0 saturated carbocycles. The van der Waals surface area contributed by atoms with Gasteiger partial charge in [-0.25, -0.2) is 0 Å². The molecule has 0 amide bonds. The van der Waals surface area contributed by atoms with Gasteiger partial charge in [-0.05, 0) is 6.07 Å². The molecule has 0 N–H and O–H groups in total. The van der Waals surface area contributed by atoms with Crippen LogP contribution in [0.1, 0.15) is 28.5 Å². The van der Waals surface area contributed by atoms with E-state index >= 15 is 0 Å².